The fraction of sp³-hybridized carbons (Fsp3) is 0.333. The van der Waals surface area contributed by atoms with Gasteiger partial charge < -0.3 is 9.32 Å². The predicted molar refractivity (Wildman–Crippen MR) is 114 cm³/mol. The first-order chi connectivity index (χ1) is 13.0. The Hall–Kier alpha value is -1.92. The second-order valence-electron chi connectivity index (χ2n) is 7.05. The molecule has 0 atom stereocenters. The van der Waals surface area contributed by atoms with Gasteiger partial charge in [0.05, 0.1) is 0 Å². The van der Waals surface area contributed by atoms with Crippen LogP contribution in [0.15, 0.2) is 51.0 Å². The Balaban J connectivity index is 1.59. The third kappa shape index (κ3) is 3.60. The van der Waals surface area contributed by atoms with Crippen LogP contribution in [-0.2, 0) is 4.79 Å². The van der Waals surface area contributed by atoms with Gasteiger partial charge in [-0.15, -0.1) is 0 Å². The molecule has 2 aliphatic rings. The van der Waals surface area contributed by atoms with Crippen molar-refractivity contribution in [2.24, 2.45) is 0 Å². The van der Waals surface area contributed by atoms with E-state index in [-0.39, 0.29) is 11.9 Å². The first-order valence-corrected chi connectivity index (χ1v) is 10.4. The smallest absolute Gasteiger partial charge is 0.277 e. The number of carbonyl (C=O) groups excluding carboxylic acids is 1. The van der Waals surface area contributed by atoms with Crippen LogP contribution in [0.3, 0.4) is 0 Å². The van der Waals surface area contributed by atoms with Crippen LogP contribution in [0.2, 0.25) is 0 Å². The molecule has 27 heavy (non-hydrogen) atoms. The standard InChI is InChI=1S/C21H21BrN2O2S/c1-23-18(20(25)24(21(23)27)16-5-3-2-4-6-16)13-17-11-12-19(26-17)14-7-9-15(22)10-8-14/h7-13,16H,2-6H2,1H3. The summed E-state index contributed by atoms with van der Waals surface area (Å²) >= 11 is 9.00. The van der Waals surface area contributed by atoms with Crippen LogP contribution in [0.5, 0.6) is 0 Å². The van der Waals surface area contributed by atoms with Crippen LogP contribution in [-0.4, -0.2) is 33.9 Å². The van der Waals surface area contributed by atoms with Crippen LogP contribution in [0.4, 0.5) is 0 Å². The van der Waals surface area contributed by atoms with Gasteiger partial charge in [0, 0.05) is 29.2 Å². The van der Waals surface area contributed by atoms with Gasteiger partial charge in [-0.2, -0.15) is 0 Å². The highest BCUT2D eigenvalue weighted by Crippen LogP contribution is 2.31. The van der Waals surface area contributed by atoms with Crippen LogP contribution >= 0.6 is 28.1 Å². The lowest BCUT2D eigenvalue weighted by atomic mass is 9.94. The molecule has 1 saturated carbocycles. The molecule has 0 unspecified atom stereocenters. The Morgan fingerprint density at radius 3 is 2.52 bits per heavy atom. The minimum Gasteiger partial charge on any atom is -0.457 e. The molecular weight excluding hydrogens is 424 g/mol. The van der Waals surface area contributed by atoms with Gasteiger partial charge in [0.25, 0.3) is 5.91 Å². The number of thiocarbonyl (C=S) groups is 1. The first kappa shape index (κ1) is 18.4. The summed E-state index contributed by atoms with van der Waals surface area (Å²) in [5, 5.41) is 0.595. The third-order valence-electron chi connectivity index (χ3n) is 5.27. The summed E-state index contributed by atoms with van der Waals surface area (Å²) in [6.07, 6.45) is 7.42. The predicted octanol–water partition coefficient (Wildman–Crippen LogP) is 5.44. The summed E-state index contributed by atoms with van der Waals surface area (Å²) in [6.45, 7) is 0. The van der Waals surface area contributed by atoms with Crippen molar-refractivity contribution in [3.05, 3.63) is 52.3 Å². The summed E-state index contributed by atoms with van der Waals surface area (Å²) in [4.78, 5) is 16.6. The summed E-state index contributed by atoms with van der Waals surface area (Å²) in [5.41, 5.74) is 1.57. The average molecular weight is 445 g/mol. The van der Waals surface area contributed by atoms with E-state index in [9.17, 15) is 4.79 Å². The second kappa shape index (κ2) is 7.60. The van der Waals surface area contributed by atoms with Crippen molar-refractivity contribution in [2.45, 2.75) is 38.1 Å². The van der Waals surface area contributed by atoms with Crippen molar-refractivity contribution in [1.82, 2.24) is 9.80 Å². The molecule has 0 radical (unpaired) electrons. The number of benzene rings is 1. The molecule has 1 aromatic heterocycles. The monoisotopic (exact) mass is 444 g/mol. The molecule has 1 aliphatic heterocycles. The second-order valence-corrected chi connectivity index (χ2v) is 8.33. The van der Waals surface area contributed by atoms with E-state index in [1.54, 1.807) is 15.9 Å². The molecule has 0 bridgehead atoms. The van der Waals surface area contributed by atoms with Gasteiger partial charge in [-0.05, 0) is 49.3 Å². The highest BCUT2D eigenvalue weighted by molar-refractivity contribution is 9.10. The van der Waals surface area contributed by atoms with Crippen LogP contribution in [0, 0.1) is 0 Å². The van der Waals surface area contributed by atoms with Gasteiger partial charge in [-0.1, -0.05) is 47.3 Å². The molecule has 6 heteroatoms. The SMILES string of the molecule is CN1C(=S)N(C2CCCCC2)C(=O)C1=Cc1ccc(-c2ccc(Br)cc2)o1. The van der Waals surface area contributed by atoms with Crippen molar-refractivity contribution >= 4 is 45.2 Å². The van der Waals surface area contributed by atoms with Crippen LogP contribution < -0.4 is 0 Å². The number of likely N-dealkylation sites (N-methyl/N-ethyl adjacent to an activating group) is 1. The topological polar surface area (TPSA) is 36.7 Å². The lowest BCUT2D eigenvalue weighted by Crippen LogP contribution is -2.41. The number of carbonyl (C=O) groups is 1. The lowest BCUT2D eigenvalue weighted by molar-refractivity contribution is -0.124. The zero-order valence-corrected chi connectivity index (χ0v) is 17.6. The molecule has 2 fully saturated rings. The number of hydrogen-bond donors (Lipinski definition) is 0. The lowest BCUT2D eigenvalue weighted by Gasteiger charge is -2.30. The van der Waals surface area contributed by atoms with Crippen LogP contribution in [0.1, 0.15) is 37.9 Å². The van der Waals surface area contributed by atoms with E-state index in [4.69, 9.17) is 16.6 Å². The highest BCUT2D eigenvalue weighted by Gasteiger charge is 2.40. The highest BCUT2D eigenvalue weighted by atomic mass is 79.9. The molecule has 140 valence electrons. The van der Waals surface area contributed by atoms with Crippen molar-refractivity contribution in [2.75, 3.05) is 7.05 Å². The zero-order chi connectivity index (χ0) is 19.0. The molecule has 2 heterocycles. The van der Waals surface area contributed by atoms with Gasteiger partial charge in [0.1, 0.15) is 17.2 Å². The summed E-state index contributed by atoms with van der Waals surface area (Å²) in [7, 11) is 1.85. The minimum atomic E-state index is -0.0176. The number of hydrogen-bond acceptors (Lipinski definition) is 3. The van der Waals surface area contributed by atoms with Gasteiger partial charge in [-0.25, -0.2) is 0 Å². The van der Waals surface area contributed by atoms with Gasteiger partial charge in [0.2, 0.25) is 0 Å². The summed E-state index contributed by atoms with van der Waals surface area (Å²) in [5.74, 6) is 1.40. The van der Waals surface area contributed by atoms with E-state index in [1.165, 1.54) is 6.42 Å². The molecule has 1 saturated heterocycles. The number of amides is 1. The van der Waals surface area contributed by atoms with Crippen molar-refractivity contribution < 1.29 is 9.21 Å². The van der Waals surface area contributed by atoms with Crippen LogP contribution in [0.25, 0.3) is 17.4 Å². The van der Waals surface area contributed by atoms with Gasteiger partial charge in [-0.3, -0.25) is 9.69 Å². The van der Waals surface area contributed by atoms with E-state index in [2.05, 4.69) is 15.9 Å². The Morgan fingerprint density at radius 1 is 1.11 bits per heavy atom. The molecule has 2 aromatic rings. The fourth-order valence-electron chi connectivity index (χ4n) is 3.77. The Morgan fingerprint density at radius 2 is 1.81 bits per heavy atom. The third-order valence-corrected chi connectivity index (χ3v) is 6.27. The van der Waals surface area contributed by atoms with Gasteiger partial charge in [0.15, 0.2) is 5.11 Å². The Kier molecular flexibility index (Phi) is 5.19. The molecule has 4 nitrogen and oxygen atoms in total. The van der Waals surface area contributed by atoms with Gasteiger partial charge >= 0.3 is 0 Å². The molecular formula is C21H21BrN2O2S. The number of rotatable bonds is 3. The number of nitrogens with zero attached hydrogens (tertiary/aromatic N) is 2. The maximum Gasteiger partial charge on any atom is 0.277 e. The zero-order valence-electron chi connectivity index (χ0n) is 15.2. The normalized spacial score (nSPS) is 20.1. The quantitative estimate of drug-likeness (QED) is 0.466. The van der Waals surface area contributed by atoms with E-state index < -0.39 is 0 Å². The van der Waals surface area contributed by atoms with E-state index >= 15 is 0 Å². The number of halogens is 1. The summed E-state index contributed by atoms with van der Waals surface area (Å²) in [6, 6.07) is 12.0. The van der Waals surface area contributed by atoms with E-state index in [0.29, 0.717) is 16.6 Å². The maximum absolute atomic E-state index is 13.0. The van der Waals surface area contributed by atoms with Crippen molar-refractivity contribution in [3.63, 3.8) is 0 Å². The average Bonchev–Trinajstić information content (AvgIpc) is 3.22. The maximum atomic E-state index is 13.0. The summed E-state index contributed by atoms with van der Waals surface area (Å²) < 4.78 is 6.97. The molecule has 1 aliphatic carbocycles. The molecule has 1 amide bonds. The van der Waals surface area contributed by atoms with Crippen molar-refractivity contribution in [3.8, 4) is 11.3 Å². The van der Waals surface area contributed by atoms with E-state index in [1.807, 2.05) is 43.4 Å². The fourth-order valence-corrected chi connectivity index (χ4v) is 4.37. The molecule has 0 N–H and O–H groups in total. The largest absolute Gasteiger partial charge is 0.457 e. The minimum absolute atomic E-state index is 0.0176. The molecule has 1 aromatic carbocycles. The number of furan rings is 1. The Labute approximate surface area is 173 Å². The van der Waals surface area contributed by atoms with Crippen molar-refractivity contribution in [1.29, 1.82) is 0 Å². The molecule has 4 rings (SSSR count). The first-order valence-electron chi connectivity index (χ1n) is 9.23. The Bertz CT molecular complexity index is 897. The molecule has 0 spiro atoms. The van der Waals surface area contributed by atoms with E-state index in [0.717, 1.165) is 41.5 Å².